The number of ether oxygens (including phenoxy) is 1. The smallest absolute Gasteiger partial charge is 0.271 e. The van der Waals surface area contributed by atoms with Crippen molar-refractivity contribution in [2.24, 2.45) is 5.10 Å². The molecule has 160 valence electrons. The Kier molecular flexibility index (Phi) is 7.09. The zero-order chi connectivity index (χ0) is 21.7. The van der Waals surface area contributed by atoms with Gasteiger partial charge in [0, 0.05) is 29.2 Å². The Morgan fingerprint density at radius 1 is 1.23 bits per heavy atom. The molecule has 0 spiro atoms. The van der Waals surface area contributed by atoms with Crippen LogP contribution < -0.4 is 5.43 Å². The van der Waals surface area contributed by atoms with Crippen LogP contribution in [0, 0.1) is 0 Å². The number of morpholine rings is 1. The Bertz CT molecular complexity index is 1070. The molecule has 1 fully saturated rings. The summed E-state index contributed by atoms with van der Waals surface area (Å²) in [6.45, 7) is 3.04. The van der Waals surface area contributed by atoms with E-state index in [9.17, 15) is 18.3 Å². The minimum atomic E-state index is -3.72. The molecule has 30 heavy (non-hydrogen) atoms. The zero-order valence-electron chi connectivity index (χ0n) is 16.3. The van der Waals surface area contributed by atoms with Crippen LogP contribution in [-0.2, 0) is 14.8 Å². The molecule has 10 heteroatoms. The highest BCUT2D eigenvalue weighted by atomic mass is 35.5. The largest absolute Gasteiger partial charge is 0.507 e. The standard InChI is InChI=1S/C20H22ClN3O5S/c1-2-18(17-13-15(21)6-7-19(17)25)22-23-20(26)14-4-3-5-16(12-14)30(27,28)24-8-10-29-11-9-24/h3-7,12-13,25H,2,8-11H2,1H3,(H,23,26). The van der Waals surface area contributed by atoms with E-state index in [-0.39, 0.29) is 29.3 Å². The third-order valence-corrected chi connectivity index (χ3v) is 6.73. The van der Waals surface area contributed by atoms with Gasteiger partial charge in [0.05, 0.1) is 23.8 Å². The Morgan fingerprint density at radius 2 is 1.97 bits per heavy atom. The molecule has 1 heterocycles. The van der Waals surface area contributed by atoms with Gasteiger partial charge in [-0.05, 0) is 42.8 Å². The average Bonchev–Trinajstić information content (AvgIpc) is 2.77. The van der Waals surface area contributed by atoms with Crippen molar-refractivity contribution in [3.8, 4) is 5.75 Å². The van der Waals surface area contributed by atoms with Gasteiger partial charge in [0.15, 0.2) is 0 Å². The van der Waals surface area contributed by atoms with Crippen LogP contribution in [0.2, 0.25) is 5.02 Å². The van der Waals surface area contributed by atoms with E-state index in [1.807, 2.05) is 6.92 Å². The lowest BCUT2D eigenvalue weighted by molar-refractivity contribution is 0.0730. The van der Waals surface area contributed by atoms with Gasteiger partial charge in [-0.15, -0.1) is 0 Å². The monoisotopic (exact) mass is 451 g/mol. The maximum Gasteiger partial charge on any atom is 0.271 e. The SMILES string of the molecule is CCC(=NNC(=O)c1cccc(S(=O)(=O)N2CCOCC2)c1)c1cc(Cl)ccc1O. The molecule has 1 amide bonds. The van der Waals surface area contributed by atoms with Crippen LogP contribution in [0.4, 0.5) is 0 Å². The number of carbonyl (C=O) groups excluding carboxylic acids is 1. The fraction of sp³-hybridized carbons (Fsp3) is 0.300. The predicted molar refractivity (Wildman–Crippen MR) is 113 cm³/mol. The van der Waals surface area contributed by atoms with Gasteiger partial charge in [-0.25, -0.2) is 13.8 Å². The topological polar surface area (TPSA) is 108 Å². The molecule has 0 atom stereocenters. The number of sulfonamides is 1. The van der Waals surface area contributed by atoms with E-state index in [4.69, 9.17) is 16.3 Å². The predicted octanol–water partition coefficient (Wildman–Crippen LogP) is 2.61. The Labute approximate surface area is 180 Å². The van der Waals surface area contributed by atoms with Gasteiger partial charge >= 0.3 is 0 Å². The van der Waals surface area contributed by atoms with E-state index < -0.39 is 15.9 Å². The lowest BCUT2D eigenvalue weighted by Gasteiger charge is -2.26. The molecule has 3 rings (SSSR count). The molecule has 2 aromatic carbocycles. The number of hydrazone groups is 1. The number of nitrogens with zero attached hydrogens (tertiary/aromatic N) is 2. The van der Waals surface area contributed by atoms with Crippen LogP contribution in [0.15, 0.2) is 52.5 Å². The van der Waals surface area contributed by atoms with Gasteiger partial charge in [0.2, 0.25) is 10.0 Å². The Morgan fingerprint density at radius 3 is 2.67 bits per heavy atom. The number of carbonyl (C=O) groups is 1. The maximum atomic E-state index is 12.8. The number of rotatable bonds is 6. The summed E-state index contributed by atoms with van der Waals surface area (Å²) < 4.78 is 32.1. The van der Waals surface area contributed by atoms with Crippen LogP contribution in [-0.4, -0.2) is 55.8 Å². The summed E-state index contributed by atoms with van der Waals surface area (Å²) in [5, 5.41) is 14.6. The zero-order valence-corrected chi connectivity index (χ0v) is 17.9. The van der Waals surface area contributed by atoms with Crippen molar-refractivity contribution in [3.05, 3.63) is 58.6 Å². The highest BCUT2D eigenvalue weighted by Gasteiger charge is 2.26. The van der Waals surface area contributed by atoms with Crippen LogP contribution in [0.1, 0.15) is 29.3 Å². The third-order valence-electron chi connectivity index (χ3n) is 4.60. The second kappa shape index (κ2) is 9.57. The summed E-state index contributed by atoms with van der Waals surface area (Å²) in [5.74, 6) is -0.575. The minimum Gasteiger partial charge on any atom is -0.507 e. The van der Waals surface area contributed by atoms with Gasteiger partial charge in [0.1, 0.15) is 5.75 Å². The van der Waals surface area contributed by atoms with E-state index in [0.29, 0.717) is 35.9 Å². The van der Waals surface area contributed by atoms with Gasteiger partial charge < -0.3 is 9.84 Å². The van der Waals surface area contributed by atoms with Crippen LogP contribution in [0.25, 0.3) is 0 Å². The van der Waals surface area contributed by atoms with Crippen molar-refractivity contribution >= 4 is 33.2 Å². The van der Waals surface area contributed by atoms with Crippen molar-refractivity contribution in [3.63, 3.8) is 0 Å². The number of hydrogen-bond acceptors (Lipinski definition) is 6. The number of phenols is 1. The second-order valence-electron chi connectivity index (χ2n) is 6.56. The summed E-state index contributed by atoms with van der Waals surface area (Å²) >= 11 is 5.98. The molecule has 0 radical (unpaired) electrons. The number of nitrogens with one attached hydrogen (secondary N) is 1. The number of hydrogen-bond donors (Lipinski definition) is 2. The first-order valence-electron chi connectivity index (χ1n) is 9.36. The molecule has 1 aliphatic rings. The number of amides is 1. The minimum absolute atomic E-state index is 0.00662. The van der Waals surface area contributed by atoms with Crippen molar-refractivity contribution < 1.29 is 23.1 Å². The maximum absolute atomic E-state index is 12.8. The highest BCUT2D eigenvalue weighted by Crippen LogP contribution is 2.23. The number of halogens is 1. The van der Waals surface area contributed by atoms with Crippen molar-refractivity contribution in [2.45, 2.75) is 18.2 Å². The van der Waals surface area contributed by atoms with Crippen molar-refractivity contribution in [1.29, 1.82) is 0 Å². The molecular weight excluding hydrogens is 430 g/mol. The average molecular weight is 452 g/mol. The van der Waals surface area contributed by atoms with Crippen molar-refractivity contribution in [1.82, 2.24) is 9.73 Å². The lowest BCUT2D eigenvalue weighted by atomic mass is 10.1. The van der Waals surface area contributed by atoms with E-state index in [1.165, 1.54) is 34.6 Å². The quantitative estimate of drug-likeness (QED) is 0.518. The first kappa shape index (κ1) is 22.2. The van der Waals surface area contributed by atoms with Crippen LogP contribution in [0.3, 0.4) is 0 Å². The molecule has 0 bridgehead atoms. The van der Waals surface area contributed by atoms with Crippen LogP contribution in [0.5, 0.6) is 5.75 Å². The Hall–Kier alpha value is -2.46. The molecule has 1 aliphatic heterocycles. The summed E-state index contributed by atoms with van der Waals surface area (Å²) in [6.07, 6.45) is 0.430. The van der Waals surface area contributed by atoms with E-state index in [0.717, 1.165) is 0 Å². The summed E-state index contributed by atoms with van der Waals surface area (Å²) in [5.41, 5.74) is 3.41. The highest BCUT2D eigenvalue weighted by molar-refractivity contribution is 7.89. The number of phenolic OH excluding ortho intramolecular Hbond substituents is 1. The Balaban J connectivity index is 1.81. The normalized spacial score (nSPS) is 15.7. The molecule has 0 aliphatic carbocycles. The number of aromatic hydroxyl groups is 1. The second-order valence-corrected chi connectivity index (χ2v) is 8.93. The molecule has 1 saturated heterocycles. The lowest BCUT2D eigenvalue weighted by Crippen LogP contribution is -2.40. The summed E-state index contributed by atoms with van der Waals surface area (Å²) in [6, 6.07) is 10.3. The molecule has 8 nitrogen and oxygen atoms in total. The van der Waals surface area contributed by atoms with Gasteiger partial charge in [-0.1, -0.05) is 24.6 Å². The third kappa shape index (κ3) is 4.99. The van der Waals surface area contributed by atoms with E-state index in [1.54, 1.807) is 12.1 Å². The fourth-order valence-corrected chi connectivity index (χ4v) is 4.61. The first-order chi connectivity index (χ1) is 14.3. The molecular formula is C20H22ClN3O5S. The molecule has 0 saturated carbocycles. The summed E-state index contributed by atoms with van der Waals surface area (Å²) in [7, 11) is -3.72. The summed E-state index contributed by atoms with van der Waals surface area (Å²) in [4.78, 5) is 12.6. The van der Waals surface area contributed by atoms with E-state index >= 15 is 0 Å². The van der Waals surface area contributed by atoms with Gasteiger partial charge in [-0.2, -0.15) is 9.41 Å². The molecule has 2 aromatic rings. The van der Waals surface area contributed by atoms with Crippen LogP contribution >= 0.6 is 11.6 Å². The fourth-order valence-electron chi connectivity index (χ4n) is 2.99. The number of benzene rings is 2. The van der Waals surface area contributed by atoms with Gasteiger partial charge in [0.25, 0.3) is 5.91 Å². The van der Waals surface area contributed by atoms with E-state index in [2.05, 4.69) is 10.5 Å². The molecule has 0 aromatic heterocycles. The first-order valence-corrected chi connectivity index (χ1v) is 11.2. The van der Waals surface area contributed by atoms with Crippen molar-refractivity contribution in [2.75, 3.05) is 26.3 Å². The van der Waals surface area contributed by atoms with Gasteiger partial charge in [-0.3, -0.25) is 4.79 Å². The molecule has 2 N–H and O–H groups in total. The molecule has 0 unspecified atom stereocenters.